The lowest BCUT2D eigenvalue weighted by Crippen LogP contribution is -2.33. The molecule has 0 aliphatic heterocycles. The van der Waals surface area contributed by atoms with E-state index in [0.29, 0.717) is 11.9 Å². The fourth-order valence-electron chi connectivity index (χ4n) is 3.29. The van der Waals surface area contributed by atoms with Gasteiger partial charge in [0.05, 0.1) is 18.3 Å². The van der Waals surface area contributed by atoms with Crippen LogP contribution in [0.5, 0.6) is 0 Å². The highest BCUT2D eigenvalue weighted by molar-refractivity contribution is 7.18. The van der Waals surface area contributed by atoms with Gasteiger partial charge in [0.2, 0.25) is 5.91 Å². The van der Waals surface area contributed by atoms with E-state index in [9.17, 15) is 9.59 Å². The summed E-state index contributed by atoms with van der Waals surface area (Å²) in [6, 6.07) is 3.72. The summed E-state index contributed by atoms with van der Waals surface area (Å²) in [7, 11) is 1.71. The molecule has 0 fully saturated rings. The van der Waals surface area contributed by atoms with Crippen LogP contribution < -0.4 is 5.56 Å². The first-order valence-electron chi connectivity index (χ1n) is 8.32. The van der Waals surface area contributed by atoms with Gasteiger partial charge in [0.25, 0.3) is 5.56 Å². The number of aromatic nitrogens is 2. The predicted molar refractivity (Wildman–Crippen MR) is 95.8 cm³/mol. The van der Waals surface area contributed by atoms with Crippen molar-refractivity contribution in [1.29, 1.82) is 0 Å². The minimum absolute atomic E-state index is 0.0113. The minimum Gasteiger partial charge on any atom is -0.464 e. The first-order chi connectivity index (χ1) is 12.0. The summed E-state index contributed by atoms with van der Waals surface area (Å²) in [5.74, 6) is 1.39. The van der Waals surface area contributed by atoms with E-state index in [-0.39, 0.29) is 18.0 Å². The molecule has 4 rings (SSSR count). The van der Waals surface area contributed by atoms with Crippen molar-refractivity contribution in [3.05, 3.63) is 50.8 Å². The molecule has 0 spiro atoms. The third kappa shape index (κ3) is 2.89. The molecule has 0 atom stereocenters. The number of carbonyl (C=O) groups is 1. The average molecular weight is 357 g/mol. The lowest BCUT2D eigenvalue weighted by molar-refractivity contribution is -0.131. The first-order valence-corrected chi connectivity index (χ1v) is 9.13. The van der Waals surface area contributed by atoms with Crippen LogP contribution in [-0.2, 0) is 30.7 Å². The zero-order valence-corrected chi connectivity index (χ0v) is 15.1. The summed E-state index contributed by atoms with van der Waals surface area (Å²) in [5, 5.41) is 0.706. The molecule has 3 heterocycles. The molecule has 25 heavy (non-hydrogen) atoms. The molecule has 7 heteroatoms. The second-order valence-electron chi connectivity index (χ2n) is 6.48. The Labute approximate surface area is 148 Å². The van der Waals surface area contributed by atoms with Crippen molar-refractivity contribution in [2.24, 2.45) is 0 Å². The average Bonchev–Trinajstić information content (AvgIpc) is 3.25. The summed E-state index contributed by atoms with van der Waals surface area (Å²) in [6.07, 6.45) is 4.54. The smallest absolute Gasteiger partial charge is 0.262 e. The minimum atomic E-state index is -0.149. The van der Waals surface area contributed by atoms with Crippen LogP contribution in [-0.4, -0.2) is 27.4 Å². The number of aryl methyl sites for hydroxylation is 3. The quantitative estimate of drug-likeness (QED) is 0.719. The highest BCUT2D eigenvalue weighted by atomic mass is 32.1. The van der Waals surface area contributed by atoms with Crippen LogP contribution in [0.25, 0.3) is 10.2 Å². The SMILES string of the molecule is Cc1ccc(CN(C)C(=O)Cn2cnc3sc4c(c3c2=O)CCC4)o1. The van der Waals surface area contributed by atoms with Gasteiger partial charge in [-0.25, -0.2) is 4.98 Å². The maximum atomic E-state index is 12.8. The number of fused-ring (bicyclic) bond motifs is 3. The molecule has 0 N–H and O–H groups in total. The Kier molecular flexibility index (Phi) is 3.95. The highest BCUT2D eigenvalue weighted by Crippen LogP contribution is 2.34. The van der Waals surface area contributed by atoms with E-state index in [0.717, 1.165) is 41.2 Å². The Balaban J connectivity index is 1.56. The van der Waals surface area contributed by atoms with Crippen LogP contribution in [0.4, 0.5) is 0 Å². The Hall–Kier alpha value is -2.41. The summed E-state index contributed by atoms with van der Waals surface area (Å²) in [6.45, 7) is 2.23. The van der Waals surface area contributed by atoms with Crippen molar-refractivity contribution in [3.8, 4) is 0 Å². The molecule has 0 bridgehead atoms. The molecule has 0 unspecified atom stereocenters. The number of amides is 1. The predicted octanol–water partition coefficient (Wildman–Crippen LogP) is 2.51. The van der Waals surface area contributed by atoms with Crippen LogP contribution in [0.1, 0.15) is 28.4 Å². The van der Waals surface area contributed by atoms with Gasteiger partial charge in [-0.05, 0) is 43.9 Å². The molecule has 130 valence electrons. The molecule has 6 nitrogen and oxygen atoms in total. The molecule has 3 aromatic heterocycles. The zero-order chi connectivity index (χ0) is 17.6. The van der Waals surface area contributed by atoms with E-state index in [1.165, 1.54) is 15.8 Å². The monoisotopic (exact) mass is 357 g/mol. The number of carbonyl (C=O) groups excluding carboxylic acids is 1. The third-order valence-electron chi connectivity index (χ3n) is 4.61. The van der Waals surface area contributed by atoms with Gasteiger partial charge < -0.3 is 9.32 Å². The standard InChI is InChI=1S/C18H19N3O3S/c1-11-6-7-12(24-11)8-20(2)15(22)9-21-10-19-17-16(18(21)23)13-4-3-5-14(13)25-17/h6-7,10H,3-5,8-9H2,1-2H3. The largest absolute Gasteiger partial charge is 0.464 e. The third-order valence-corrected chi connectivity index (χ3v) is 5.81. The van der Waals surface area contributed by atoms with Crippen LogP contribution in [0, 0.1) is 6.92 Å². The van der Waals surface area contributed by atoms with Gasteiger partial charge >= 0.3 is 0 Å². The number of nitrogens with zero attached hydrogens (tertiary/aromatic N) is 3. The Morgan fingerprint density at radius 3 is 3.00 bits per heavy atom. The number of hydrogen-bond acceptors (Lipinski definition) is 5. The summed E-state index contributed by atoms with van der Waals surface area (Å²) < 4.78 is 6.92. The van der Waals surface area contributed by atoms with Crippen LogP contribution in [0.2, 0.25) is 0 Å². The van der Waals surface area contributed by atoms with Gasteiger partial charge in [-0.15, -0.1) is 11.3 Å². The number of rotatable bonds is 4. The van der Waals surface area contributed by atoms with Gasteiger partial charge in [-0.1, -0.05) is 0 Å². The van der Waals surface area contributed by atoms with E-state index in [1.807, 2.05) is 19.1 Å². The van der Waals surface area contributed by atoms with Crippen molar-refractivity contribution >= 4 is 27.5 Å². The molecule has 1 aliphatic rings. The highest BCUT2D eigenvalue weighted by Gasteiger charge is 2.22. The van der Waals surface area contributed by atoms with Crippen molar-refractivity contribution in [2.45, 2.75) is 39.3 Å². The number of thiophene rings is 1. The van der Waals surface area contributed by atoms with E-state index in [2.05, 4.69) is 4.98 Å². The Morgan fingerprint density at radius 1 is 1.40 bits per heavy atom. The lowest BCUT2D eigenvalue weighted by atomic mass is 10.2. The molecule has 3 aromatic rings. The van der Waals surface area contributed by atoms with E-state index < -0.39 is 0 Å². The molecule has 0 aromatic carbocycles. The molecular formula is C18H19N3O3S. The first kappa shape index (κ1) is 16.1. The van der Waals surface area contributed by atoms with E-state index >= 15 is 0 Å². The summed E-state index contributed by atoms with van der Waals surface area (Å²) >= 11 is 1.61. The molecule has 1 amide bonds. The zero-order valence-electron chi connectivity index (χ0n) is 14.2. The number of hydrogen-bond donors (Lipinski definition) is 0. The van der Waals surface area contributed by atoms with Crippen molar-refractivity contribution in [3.63, 3.8) is 0 Å². The van der Waals surface area contributed by atoms with Crippen molar-refractivity contribution in [1.82, 2.24) is 14.5 Å². The van der Waals surface area contributed by atoms with E-state index in [4.69, 9.17) is 4.42 Å². The normalized spacial score (nSPS) is 13.4. The lowest BCUT2D eigenvalue weighted by Gasteiger charge is -2.16. The maximum absolute atomic E-state index is 12.8. The topological polar surface area (TPSA) is 68.3 Å². The van der Waals surface area contributed by atoms with Gasteiger partial charge in [0.15, 0.2) is 0 Å². The van der Waals surface area contributed by atoms with Crippen LogP contribution in [0.3, 0.4) is 0 Å². The Morgan fingerprint density at radius 2 is 2.24 bits per heavy atom. The summed E-state index contributed by atoms with van der Waals surface area (Å²) in [5.41, 5.74) is 1.03. The second kappa shape index (κ2) is 6.15. The molecule has 0 radical (unpaired) electrons. The maximum Gasteiger partial charge on any atom is 0.262 e. The van der Waals surface area contributed by atoms with E-state index in [1.54, 1.807) is 23.3 Å². The molecule has 0 saturated heterocycles. The molecule has 1 aliphatic carbocycles. The Bertz CT molecular complexity index is 1010. The fourth-order valence-corrected chi connectivity index (χ4v) is 4.51. The van der Waals surface area contributed by atoms with Crippen molar-refractivity contribution in [2.75, 3.05) is 7.05 Å². The van der Waals surface area contributed by atoms with Crippen molar-refractivity contribution < 1.29 is 9.21 Å². The van der Waals surface area contributed by atoms with Gasteiger partial charge in [0.1, 0.15) is 22.9 Å². The summed E-state index contributed by atoms with van der Waals surface area (Å²) in [4.78, 5) is 33.3. The fraction of sp³-hybridized carbons (Fsp3) is 0.389. The van der Waals surface area contributed by atoms with Gasteiger partial charge in [0, 0.05) is 11.9 Å². The number of likely N-dealkylation sites (N-methyl/N-ethyl adjacent to an activating group) is 1. The van der Waals surface area contributed by atoms with Crippen LogP contribution >= 0.6 is 11.3 Å². The second-order valence-corrected chi connectivity index (χ2v) is 7.56. The van der Waals surface area contributed by atoms with Gasteiger partial charge in [-0.2, -0.15) is 0 Å². The number of furan rings is 1. The molecular weight excluding hydrogens is 338 g/mol. The molecule has 0 saturated carbocycles. The van der Waals surface area contributed by atoms with Gasteiger partial charge in [-0.3, -0.25) is 14.2 Å². The van der Waals surface area contributed by atoms with Crippen LogP contribution in [0.15, 0.2) is 27.7 Å².